The Morgan fingerprint density at radius 1 is 1.00 bits per heavy atom. The van der Waals surface area contributed by atoms with Gasteiger partial charge in [0, 0.05) is 0 Å². The quantitative estimate of drug-likeness (QED) is 0.556. The van der Waals surface area contributed by atoms with Crippen LogP contribution >= 0.6 is 0 Å². The second-order valence-corrected chi connectivity index (χ2v) is 3.89. The lowest BCUT2D eigenvalue weighted by Gasteiger charge is -2.01. The molecule has 0 aliphatic rings. The first-order valence-corrected chi connectivity index (χ1v) is 5.49. The molecule has 0 bridgehead atoms. The van der Waals surface area contributed by atoms with Crippen molar-refractivity contribution in [2.45, 2.75) is 27.7 Å². The lowest BCUT2D eigenvalue weighted by atomic mass is 10.1. The Kier molecular flexibility index (Phi) is 6.95. The van der Waals surface area contributed by atoms with E-state index in [9.17, 15) is 0 Å². The monoisotopic (exact) mass is 214 g/mol. The largest absolute Gasteiger partial charge is 0.0988 e. The van der Waals surface area contributed by atoms with E-state index in [1.807, 2.05) is 32.9 Å². The van der Waals surface area contributed by atoms with Crippen LogP contribution in [0.1, 0.15) is 27.7 Å². The molecule has 0 rings (SSSR count). The van der Waals surface area contributed by atoms with Crippen molar-refractivity contribution in [1.82, 2.24) is 0 Å². The van der Waals surface area contributed by atoms with Gasteiger partial charge in [0.05, 0.1) is 0 Å². The highest BCUT2D eigenvalue weighted by molar-refractivity contribution is 5.42. The van der Waals surface area contributed by atoms with Gasteiger partial charge in [-0.15, -0.1) is 0 Å². The van der Waals surface area contributed by atoms with E-state index in [4.69, 9.17) is 0 Å². The number of allylic oxidation sites excluding steroid dienone is 10. The lowest BCUT2D eigenvalue weighted by Crippen LogP contribution is -1.81. The van der Waals surface area contributed by atoms with Crippen LogP contribution in [-0.4, -0.2) is 0 Å². The highest BCUT2D eigenvalue weighted by atomic mass is 14.0. The first-order valence-electron chi connectivity index (χ1n) is 5.49. The molecule has 0 unspecified atom stereocenters. The molecule has 0 saturated carbocycles. The van der Waals surface area contributed by atoms with Gasteiger partial charge >= 0.3 is 0 Å². The summed E-state index contributed by atoms with van der Waals surface area (Å²) in [4.78, 5) is 0. The minimum Gasteiger partial charge on any atom is -0.0988 e. The number of rotatable bonds is 5. The van der Waals surface area contributed by atoms with Crippen LogP contribution in [0.4, 0.5) is 0 Å². The summed E-state index contributed by atoms with van der Waals surface area (Å²) in [7, 11) is 0. The zero-order valence-corrected chi connectivity index (χ0v) is 10.9. The van der Waals surface area contributed by atoms with Crippen molar-refractivity contribution >= 4 is 0 Å². The smallest absolute Gasteiger partial charge is 0.0270 e. The minimum absolute atomic E-state index is 1.06. The van der Waals surface area contributed by atoms with Crippen molar-refractivity contribution in [1.29, 1.82) is 0 Å². The topological polar surface area (TPSA) is 0 Å². The van der Waals surface area contributed by atoms with Gasteiger partial charge in [-0.3, -0.25) is 0 Å². The Bertz CT molecular complexity index is 371. The van der Waals surface area contributed by atoms with Crippen LogP contribution in [-0.2, 0) is 0 Å². The summed E-state index contributed by atoms with van der Waals surface area (Å²) in [6, 6.07) is 0. The third-order valence-electron chi connectivity index (χ3n) is 2.23. The summed E-state index contributed by atoms with van der Waals surface area (Å²) in [5.41, 5.74) is 4.68. The van der Waals surface area contributed by atoms with Crippen LogP contribution < -0.4 is 0 Å². The Labute approximate surface area is 100 Å². The van der Waals surface area contributed by atoms with Crippen LogP contribution in [0, 0.1) is 0 Å². The molecular weight excluding hydrogens is 192 g/mol. The molecule has 0 heterocycles. The Morgan fingerprint density at radius 2 is 1.62 bits per heavy atom. The van der Waals surface area contributed by atoms with Crippen molar-refractivity contribution in [3.05, 3.63) is 71.9 Å². The predicted octanol–water partition coefficient (Wildman–Crippen LogP) is 5.14. The molecule has 0 amide bonds. The molecule has 86 valence electrons. The van der Waals surface area contributed by atoms with Gasteiger partial charge in [0.2, 0.25) is 0 Å². The zero-order valence-electron chi connectivity index (χ0n) is 10.9. The van der Waals surface area contributed by atoms with Crippen molar-refractivity contribution < 1.29 is 0 Å². The Hall–Kier alpha value is -1.56. The molecule has 16 heavy (non-hydrogen) atoms. The standard InChI is InChI=1S/C16H22/c1-7-14(5)10-11-15(6)16(8-2)12-9-13(3)4/h7-12H,1,3H2,2,4-6H3/b12-9-,14-10-,15-11+,16-8+. The van der Waals surface area contributed by atoms with E-state index < -0.39 is 0 Å². The molecule has 0 fully saturated rings. The Balaban J connectivity index is 4.87. The summed E-state index contributed by atoms with van der Waals surface area (Å²) >= 11 is 0. The fraction of sp³-hybridized carbons (Fsp3) is 0.250. The van der Waals surface area contributed by atoms with Gasteiger partial charge in [-0.2, -0.15) is 0 Å². The van der Waals surface area contributed by atoms with Gasteiger partial charge < -0.3 is 0 Å². The van der Waals surface area contributed by atoms with Gasteiger partial charge in [0.1, 0.15) is 0 Å². The average Bonchev–Trinajstić information content (AvgIpc) is 2.26. The van der Waals surface area contributed by atoms with E-state index in [0.29, 0.717) is 0 Å². The van der Waals surface area contributed by atoms with Crippen LogP contribution in [0.15, 0.2) is 71.9 Å². The van der Waals surface area contributed by atoms with E-state index in [1.165, 1.54) is 16.7 Å². The maximum Gasteiger partial charge on any atom is -0.0270 e. The first kappa shape index (κ1) is 14.4. The fourth-order valence-corrected chi connectivity index (χ4v) is 1.11. The van der Waals surface area contributed by atoms with E-state index >= 15 is 0 Å². The number of hydrogen-bond acceptors (Lipinski definition) is 0. The molecule has 0 aromatic carbocycles. The predicted molar refractivity (Wildman–Crippen MR) is 75.4 cm³/mol. The molecule has 0 saturated heterocycles. The van der Waals surface area contributed by atoms with E-state index in [0.717, 1.165) is 5.57 Å². The van der Waals surface area contributed by atoms with Crippen molar-refractivity contribution in [3.63, 3.8) is 0 Å². The second-order valence-electron chi connectivity index (χ2n) is 3.89. The zero-order chi connectivity index (χ0) is 12.6. The lowest BCUT2D eigenvalue weighted by molar-refractivity contribution is 1.39. The van der Waals surface area contributed by atoms with Crippen LogP contribution in [0.3, 0.4) is 0 Å². The molecular formula is C16H22. The third-order valence-corrected chi connectivity index (χ3v) is 2.23. The molecule has 0 heteroatoms. The number of hydrogen-bond donors (Lipinski definition) is 0. The van der Waals surface area contributed by atoms with Gasteiger partial charge in [-0.1, -0.05) is 60.8 Å². The molecule has 0 aliphatic carbocycles. The normalized spacial score (nSPS) is 14.4. The fourth-order valence-electron chi connectivity index (χ4n) is 1.11. The van der Waals surface area contributed by atoms with Gasteiger partial charge in [-0.25, -0.2) is 0 Å². The van der Waals surface area contributed by atoms with Crippen LogP contribution in [0.5, 0.6) is 0 Å². The molecule has 0 aliphatic heterocycles. The van der Waals surface area contributed by atoms with Gasteiger partial charge in [0.15, 0.2) is 0 Å². The maximum atomic E-state index is 3.85. The van der Waals surface area contributed by atoms with Crippen molar-refractivity contribution in [2.24, 2.45) is 0 Å². The average molecular weight is 214 g/mol. The molecule has 0 N–H and O–H groups in total. The minimum atomic E-state index is 1.06. The van der Waals surface area contributed by atoms with Crippen molar-refractivity contribution in [2.75, 3.05) is 0 Å². The molecule has 0 atom stereocenters. The molecule has 0 aromatic heterocycles. The highest BCUT2D eigenvalue weighted by Crippen LogP contribution is 2.12. The van der Waals surface area contributed by atoms with Crippen LogP contribution in [0.2, 0.25) is 0 Å². The van der Waals surface area contributed by atoms with E-state index in [1.54, 1.807) is 0 Å². The summed E-state index contributed by atoms with van der Waals surface area (Å²) in [6.07, 6.45) is 12.2. The molecule has 0 nitrogen and oxygen atoms in total. The maximum absolute atomic E-state index is 3.85. The van der Waals surface area contributed by atoms with Crippen LogP contribution in [0.25, 0.3) is 0 Å². The molecule has 0 spiro atoms. The summed E-state index contributed by atoms with van der Waals surface area (Å²) in [6.45, 7) is 15.7. The molecule has 0 radical (unpaired) electrons. The van der Waals surface area contributed by atoms with E-state index in [-0.39, 0.29) is 0 Å². The van der Waals surface area contributed by atoms with Crippen molar-refractivity contribution in [3.8, 4) is 0 Å². The summed E-state index contributed by atoms with van der Waals surface area (Å²) in [5, 5.41) is 0. The van der Waals surface area contributed by atoms with Gasteiger partial charge in [-0.05, 0) is 38.8 Å². The summed E-state index contributed by atoms with van der Waals surface area (Å²) in [5.74, 6) is 0. The van der Waals surface area contributed by atoms with E-state index in [2.05, 4.69) is 44.4 Å². The SMILES string of the molecule is C=C\C(C)=C/C=C(C)/C(/C=C\C(=C)C)=C/C. The summed E-state index contributed by atoms with van der Waals surface area (Å²) < 4.78 is 0. The highest BCUT2D eigenvalue weighted by Gasteiger charge is 1.92. The Morgan fingerprint density at radius 3 is 2.06 bits per heavy atom. The molecule has 0 aromatic rings. The first-order chi connectivity index (χ1) is 7.51. The van der Waals surface area contributed by atoms with Gasteiger partial charge in [0.25, 0.3) is 0 Å². The third kappa shape index (κ3) is 6.02. The second kappa shape index (κ2) is 7.70.